The summed E-state index contributed by atoms with van der Waals surface area (Å²) in [7, 11) is 1.72. The molecule has 82 valence electrons. The van der Waals surface area contributed by atoms with Crippen molar-refractivity contribution in [2.75, 3.05) is 12.4 Å². The van der Waals surface area contributed by atoms with Crippen LogP contribution in [0.2, 0.25) is 0 Å². The Kier molecular flexibility index (Phi) is 3.14. The largest absolute Gasteiger partial charge is 0.495 e. The van der Waals surface area contributed by atoms with Gasteiger partial charge in [-0.2, -0.15) is 0 Å². The third kappa shape index (κ3) is 2.25. The van der Waals surface area contributed by atoms with Crippen molar-refractivity contribution in [1.82, 2.24) is 0 Å². The molecule has 0 spiro atoms. The molecule has 0 amide bonds. The summed E-state index contributed by atoms with van der Waals surface area (Å²) in [6.45, 7) is 2.32. The second-order valence-corrected chi connectivity index (χ2v) is 4.36. The van der Waals surface area contributed by atoms with Crippen molar-refractivity contribution in [3.63, 3.8) is 0 Å². The first-order valence-corrected chi connectivity index (χ1v) is 5.71. The lowest BCUT2D eigenvalue weighted by molar-refractivity contribution is 0.415. The Bertz CT molecular complexity index is 324. The number of nitrogens with one attached hydrogen (secondary N) is 1. The third-order valence-electron chi connectivity index (χ3n) is 3.31. The maximum atomic E-state index is 5.33. The average Bonchev–Trinajstić information content (AvgIpc) is 2.65. The first-order valence-electron chi connectivity index (χ1n) is 5.71. The molecule has 0 heterocycles. The highest BCUT2D eigenvalue weighted by Crippen LogP contribution is 2.31. The van der Waals surface area contributed by atoms with Gasteiger partial charge in [0.2, 0.25) is 0 Å². The van der Waals surface area contributed by atoms with Crippen molar-refractivity contribution in [3.8, 4) is 5.75 Å². The molecule has 2 rings (SSSR count). The van der Waals surface area contributed by atoms with Crippen LogP contribution in [0.25, 0.3) is 0 Å². The molecular weight excluding hydrogens is 186 g/mol. The van der Waals surface area contributed by atoms with Gasteiger partial charge in [0.05, 0.1) is 12.8 Å². The Hall–Kier alpha value is -1.18. The van der Waals surface area contributed by atoms with Gasteiger partial charge in [-0.3, -0.25) is 0 Å². The number of benzene rings is 1. The van der Waals surface area contributed by atoms with Gasteiger partial charge in [-0.1, -0.05) is 25.5 Å². The van der Waals surface area contributed by atoms with Crippen molar-refractivity contribution in [1.29, 1.82) is 0 Å². The van der Waals surface area contributed by atoms with Gasteiger partial charge in [0.15, 0.2) is 0 Å². The molecule has 0 aliphatic heterocycles. The molecule has 1 fully saturated rings. The van der Waals surface area contributed by atoms with Crippen molar-refractivity contribution in [3.05, 3.63) is 24.3 Å². The zero-order valence-electron chi connectivity index (χ0n) is 9.49. The smallest absolute Gasteiger partial charge is 0.141 e. The first-order chi connectivity index (χ1) is 7.31. The fourth-order valence-electron chi connectivity index (χ4n) is 2.32. The van der Waals surface area contributed by atoms with Crippen LogP contribution < -0.4 is 10.1 Å². The Labute approximate surface area is 91.6 Å². The van der Waals surface area contributed by atoms with Crippen LogP contribution in [-0.2, 0) is 0 Å². The third-order valence-corrected chi connectivity index (χ3v) is 3.31. The Morgan fingerprint density at radius 2 is 2.07 bits per heavy atom. The molecule has 15 heavy (non-hydrogen) atoms. The van der Waals surface area contributed by atoms with Crippen LogP contribution >= 0.6 is 0 Å². The zero-order chi connectivity index (χ0) is 10.7. The predicted octanol–water partition coefficient (Wildman–Crippen LogP) is 3.30. The van der Waals surface area contributed by atoms with Gasteiger partial charge in [0.25, 0.3) is 0 Å². The van der Waals surface area contributed by atoms with Crippen molar-refractivity contribution in [2.24, 2.45) is 5.92 Å². The summed E-state index contributed by atoms with van der Waals surface area (Å²) in [6, 6.07) is 8.75. The van der Waals surface area contributed by atoms with E-state index in [1.165, 1.54) is 19.3 Å². The molecule has 1 aliphatic carbocycles. The molecular formula is C13H19NO. The lowest BCUT2D eigenvalue weighted by atomic mass is 10.1. The SMILES string of the molecule is COc1ccccc1N[C@@H]1CCC[C@@H]1C. The zero-order valence-corrected chi connectivity index (χ0v) is 9.49. The number of hydrogen-bond donors (Lipinski definition) is 1. The standard InChI is InChI=1S/C13H19NO/c1-10-6-5-8-11(10)14-12-7-3-4-9-13(12)15-2/h3-4,7,9-11,14H,5-6,8H2,1-2H3/t10-,11+/m0/s1. The molecule has 0 aromatic heterocycles. The molecule has 1 aliphatic rings. The van der Waals surface area contributed by atoms with E-state index in [1.807, 2.05) is 18.2 Å². The van der Waals surface area contributed by atoms with Crippen molar-refractivity contribution < 1.29 is 4.74 Å². The van der Waals surface area contributed by atoms with E-state index in [0.29, 0.717) is 6.04 Å². The van der Waals surface area contributed by atoms with E-state index in [1.54, 1.807) is 7.11 Å². The van der Waals surface area contributed by atoms with Gasteiger partial charge in [0, 0.05) is 6.04 Å². The number of rotatable bonds is 3. The van der Waals surface area contributed by atoms with E-state index in [9.17, 15) is 0 Å². The summed E-state index contributed by atoms with van der Waals surface area (Å²) >= 11 is 0. The molecule has 0 saturated heterocycles. The Morgan fingerprint density at radius 1 is 1.27 bits per heavy atom. The summed E-state index contributed by atoms with van der Waals surface area (Å²) in [6.07, 6.45) is 3.96. The molecule has 1 saturated carbocycles. The van der Waals surface area contributed by atoms with Crippen molar-refractivity contribution in [2.45, 2.75) is 32.2 Å². The van der Waals surface area contributed by atoms with Crippen LogP contribution in [0.5, 0.6) is 5.75 Å². The minimum absolute atomic E-state index is 0.612. The summed E-state index contributed by atoms with van der Waals surface area (Å²) < 4.78 is 5.33. The summed E-state index contributed by atoms with van der Waals surface area (Å²) in [5.74, 6) is 1.71. The first kappa shape index (κ1) is 10.3. The fraction of sp³-hybridized carbons (Fsp3) is 0.538. The topological polar surface area (TPSA) is 21.3 Å². The predicted molar refractivity (Wildman–Crippen MR) is 63.4 cm³/mol. The number of para-hydroxylation sites is 2. The molecule has 2 heteroatoms. The highest BCUT2D eigenvalue weighted by Gasteiger charge is 2.23. The number of ether oxygens (including phenoxy) is 1. The van der Waals surface area contributed by atoms with Gasteiger partial charge in [-0.05, 0) is 30.9 Å². The number of methoxy groups -OCH3 is 1. The summed E-state index contributed by atoms with van der Waals surface area (Å²) in [5.41, 5.74) is 1.12. The van der Waals surface area contributed by atoms with Crippen LogP contribution in [0.15, 0.2) is 24.3 Å². The Balaban J connectivity index is 2.09. The molecule has 0 radical (unpaired) electrons. The van der Waals surface area contributed by atoms with Crippen molar-refractivity contribution >= 4 is 5.69 Å². The molecule has 1 aromatic rings. The molecule has 2 atom stereocenters. The lowest BCUT2D eigenvalue weighted by Gasteiger charge is -2.20. The van der Waals surface area contributed by atoms with E-state index in [2.05, 4.69) is 18.3 Å². The minimum Gasteiger partial charge on any atom is -0.495 e. The highest BCUT2D eigenvalue weighted by atomic mass is 16.5. The quantitative estimate of drug-likeness (QED) is 0.817. The van der Waals surface area contributed by atoms with Crippen LogP contribution in [0.4, 0.5) is 5.69 Å². The number of hydrogen-bond acceptors (Lipinski definition) is 2. The second-order valence-electron chi connectivity index (χ2n) is 4.36. The fourth-order valence-corrected chi connectivity index (χ4v) is 2.32. The van der Waals surface area contributed by atoms with Crippen LogP contribution in [0, 0.1) is 5.92 Å². The van der Waals surface area contributed by atoms with E-state index in [4.69, 9.17) is 4.74 Å². The summed E-state index contributed by atoms with van der Waals surface area (Å²) in [4.78, 5) is 0. The molecule has 0 unspecified atom stereocenters. The van der Waals surface area contributed by atoms with Crippen LogP contribution in [-0.4, -0.2) is 13.2 Å². The molecule has 0 bridgehead atoms. The van der Waals surface area contributed by atoms with Gasteiger partial charge in [0.1, 0.15) is 5.75 Å². The second kappa shape index (κ2) is 4.56. The van der Waals surface area contributed by atoms with Crippen LogP contribution in [0.1, 0.15) is 26.2 Å². The normalized spacial score (nSPS) is 25.2. The van der Waals surface area contributed by atoms with E-state index in [0.717, 1.165) is 17.4 Å². The Morgan fingerprint density at radius 3 is 2.73 bits per heavy atom. The van der Waals surface area contributed by atoms with Crippen LogP contribution in [0.3, 0.4) is 0 Å². The van der Waals surface area contributed by atoms with Gasteiger partial charge >= 0.3 is 0 Å². The maximum Gasteiger partial charge on any atom is 0.141 e. The average molecular weight is 205 g/mol. The maximum absolute atomic E-state index is 5.33. The molecule has 1 aromatic carbocycles. The van der Waals surface area contributed by atoms with Gasteiger partial charge < -0.3 is 10.1 Å². The molecule has 1 N–H and O–H groups in total. The minimum atomic E-state index is 0.612. The number of anilines is 1. The van der Waals surface area contributed by atoms with E-state index in [-0.39, 0.29) is 0 Å². The van der Waals surface area contributed by atoms with Gasteiger partial charge in [-0.25, -0.2) is 0 Å². The summed E-state index contributed by atoms with van der Waals surface area (Å²) in [5, 5.41) is 3.59. The van der Waals surface area contributed by atoms with Gasteiger partial charge in [-0.15, -0.1) is 0 Å². The monoisotopic (exact) mass is 205 g/mol. The lowest BCUT2D eigenvalue weighted by Crippen LogP contribution is -2.21. The molecule has 2 nitrogen and oxygen atoms in total. The van der Waals surface area contributed by atoms with E-state index >= 15 is 0 Å². The van der Waals surface area contributed by atoms with E-state index < -0.39 is 0 Å². The highest BCUT2D eigenvalue weighted by molar-refractivity contribution is 5.56.